The van der Waals surface area contributed by atoms with Gasteiger partial charge >= 0.3 is 5.69 Å². The number of nitro benzene ring substituents is 1. The van der Waals surface area contributed by atoms with Crippen LogP contribution in [-0.4, -0.2) is 11.7 Å². The predicted octanol–water partition coefficient (Wildman–Crippen LogP) is 4.04. The van der Waals surface area contributed by atoms with E-state index in [9.17, 15) is 10.1 Å². The largest absolute Gasteiger partial charge is 0.460 e. The molecule has 0 unspecified atom stereocenters. The molecule has 2 aromatic carbocycles. The van der Waals surface area contributed by atoms with Crippen molar-refractivity contribution in [1.82, 2.24) is 0 Å². The van der Waals surface area contributed by atoms with E-state index in [2.05, 4.69) is 15.9 Å². The summed E-state index contributed by atoms with van der Waals surface area (Å²) in [5, 5.41) is 11.6. The number of halogens is 1. The lowest BCUT2D eigenvalue weighted by Gasteiger charge is -2.08. The van der Waals surface area contributed by atoms with Gasteiger partial charge in [0.2, 0.25) is 0 Å². The second-order valence-corrected chi connectivity index (χ2v) is 4.85. The quantitative estimate of drug-likeness (QED) is 0.248. The predicted molar refractivity (Wildman–Crippen MR) is 82.5 cm³/mol. The van der Waals surface area contributed by atoms with E-state index in [1.54, 1.807) is 12.1 Å². The third-order valence-corrected chi connectivity index (χ3v) is 3.43. The summed E-state index contributed by atoms with van der Waals surface area (Å²) in [5.74, 6) is 0.206. The minimum absolute atomic E-state index is 0.0383. The Morgan fingerprint density at radius 2 is 1.86 bits per heavy atom. The van der Waals surface area contributed by atoms with Gasteiger partial charge in [-0.25, -0.2) is 0 Å². The van der Waals surface area contributed by atoms with Crippen molar-refractivity contribution in [3.8, 4) is 5.75 Å². The molecule has 0 saturated heterocycles. The Bertz CT molecular complexity index is 604. The van der Waals surface area contributed by atoms with E-state index in [1.165, 1.54) is 6.07 Å². The lowest BCUT2D eigenvalue weighted by atomic mass is 10.2. The summed E-state index contributed by atoms with van der Waals surface area (Å²) in [7, 11) is 0. The smallest absolute Gasteiger partial charge is 0.311 e. The van der Waals surface area contributed by atoms with E-state index in [-0.39, 0.29) is 18.2 Å². The fraction of sp³-hybridized carbons (Fsp3) is 0.200. The van der Waals surface area contributed by atoms with Crippen LogP contribution in [0.1, 0.15) is 11.1 Å². The van der Waals surface area contributed by atoms with E-state index < -0.39 is 4.92 Å². The first-order chi connectivity index (χ1) is 10.2. The van der Waals surface area contributed by atoms with Crippen LogP contribution in [0.3, 0.4) is 0 Å². The molecule has 0 radical (unpaired) electrons. The van der Waals surface area contributed by atoms with Gasteiger partial charge in [0.1, 0.15) is 0 Å². The molecule has 110 valence electrons. The van der Waals surface area contributed by atoms with Gasteiger partial charge < -0.3 is 9.47 Å². The highest BCUT2D eigenvalue weighted by Crippen LogP contribution is 2.28. The summed E-state index contributed by atoms with van der Waals surface area (Å²) < 4.78 is 10.7. The zero-order valence-corrected chi connectivity index (χ0v) is 12.8. The van der Waals surface area contributed by atoms with Gasteiger partial charge in [0.05, 0.1) is 11.5 Å². The highest BCUT2D eigenvalue weighted by molar-refractivity contribution is 9.08. The minimum atomic E-state index is -0.460. The van der Waals surface area contributed by atoms with Crippen LogP contribution in [0.15, 0.2) is 48.5 Å². The normalized spacial score (nSPS) is 10.3. The molecule has 2 aromatic rings. The first-order valence-electron chi connectivity index (χ1n) is 6.28. The number of nitrogens with zero attached hydrogens (tertiary/aromatic N) is 1. The fourth-order valence-corrected chi connectivity index (χ4v) is 2.10. The van der Waals surface area contributed by atoms with Crippen LogP contribution in [0.2, 0.25) is 0 Å². The molecule has 2 rings (SSSR count). The van der Waals surface area contributed by atoms with Gasteiger partial charge in [-0.15, -0.1) is 0 Å². The molecule has 0 atom stereocenters. The highest BCUT2D eigenvalue weighted by Gasteiger charge is 2.15. The van der Waals surface area contributed by atoms with Crippen LogP contribution in [0, 0.1) is 10.1 Å². The van der Waals surface area contributed by atoms with Gasteiger partial charge in [-0.1, -0.05) is 52.3 Å². The summed E-state index contributed by atoms with van der Waals surface area (Å²) in [6, 6.07) is 14.5. The number of ether oxygens (including phenoxy) is 2. The van der Waals surface area contributed by atoms with Crippen molar-refractivity contribution in [2.24, 2.45) is 0 Å². The zero-order valence-electron chi connectivity index (χ0n) is 11.2. The Morgan fingerprint density at radius 1 is 1.10 bits per heavy atom. The Morgan fingerprint density at radius 3 is 2.52 bits per heavy atom. The van der Waals surface area contributed by atoms with Crippen molar-refractivity contribution in [2.45, 2.75) is 11.9 Å². The third-order valence-electron chi connectivity index (χ3n) is 2.78. The molecule has 5 nitrogen and oxygen atoms in total. The van der Waals surface area contributed by atoms with E-state index in [0.29, 0.717) is 11.9 Å². The molecule has 0 aliphatic rings. The molecule has 0 saturated carbocycles. The number of nitro groups is 1. The lowest BCUT2D eigenvalue weighted by Crippen LogP contribution is -2.05. The van der Waals surface area contributed by atoms with Crippen molar-refractivity contribution in [3.63, 3.8) is 0 Å². The summed E-state index contributed by atoms with van der Waals surface area (Å²) in [5.41, 5.74) is 1.78. The molecule has 6 heteroatoms. The van der Waals surface area contributed by atoms with Crippen LogP contribution in [0.25, 0.3) is 0 Å². The Labute approximate surface area is 130 Å². The summed E-state index contributed by atoms with van der Waals surface area (Å²) in [4.78, 5) is 10.6. The Kier molecular flexibility index (Phi) is 5.71. The molecule has 0 fully saturated rings. The van der Waals surface area contributed by atoms with Gasteiger partial charge in [0.15, 0.2) is 12.5 Å². The molecule has 0 spiro atoms. The van der Waals surface area contributed by atoms with E-state index in [1.807, 2.05) is 30.3 Å². The van der Waals surface area contributed by atoms with Crippen molar-refractivity contribution in [3.05, 3.63) is 69.8 Å². The highest BCUT2D eigenvalue weighted by atomic mass is 79.9. The molecule has 21 heavy (non-hydrogen) atoms. The standard InChI is InChI=1S/C15H14BrNO4/c16-9-13-6-7-15(14(8-13)17(18)19)21-11-20-10-12-4-2-1-3-5-12/h1-8H,9-11H2. The summed E-state index contributed by atoms with van der Waals surface area (Å²) >= 11 is 3.27. The van der Waals surface area contributed by atoms with Crippen LogP contribution in [-0.2, 0) is 16.7 Å². The van der Waals surface area contributed by atoms with Gasteiger partial charge in [0.25, 0.3) is 0 Å². The topological polar surface area (TPSA) is 61.6 Å². The molecule has 0 aliphatic heterocycles. The summed E-state index contributed by atoms with van der Waals surface area (Å²) in [6.45, 7) is 0.359. The van der Waals surface area contributed by atoms with Crippen LogP contribution in [0.5, 0.6) is 5.75 Å². The molecule has 0 aromatic heterocycles. The minimum Gasteiger partial charge on any atom is -0.460 e. The molecule has 0 bridgehead atoms. The number of benzene rings is 2. The van der Waals surface area contributed by atoms with Crippen molar-refractivity contribution in [1.29, 1.82) is 0 Å². The first-order valence-corrected chi connectivity index (χ1v) is 7.40. The molecule has 0 aliphatic carbocycles. The molecule has 0 amide bonds. The summed E-state index contributed by atoms with van der Waals surface area (Å²) in [6.07, 6.45) is 0. The Hall–Kier alpha value is -1.92. The molecular weight excluding hydrogens is 338 g/mol. The second kappa shape index (κ2) is 7.75. The average molecular weight is 352 g/mol. The maximum Gasteiger partial charge on any atom is 0.311 e. The van der Waals surface area contributed by atoms with Gasteiger partial charge in [-0.05, 0) is 17.2 Å². The van der Waals surface area contributed by atoms with Crippen LogP contribution in [0.4, 0.5) is 5.69 Å². The van der Waals surface area contributed by atoms with Gasteiger partial charge in [-0.3, -0.25) is 10.1 Å². The average Bonchev–Trinajstić information content (AvgIpc) is 2.52. The van der Waals surface area contributed by atoms with Gasteiger partial charge in [-0.2, -0.15) is 0 Å². The number of alkyl halides is 1. The molecular formula is C15H14BrNO4. The van der Waals surface area contributed by atoms with Crippen molar-refractivity contribution < 1.29 is 14.4 Å². The zero-order chi connectivity index (χ0) is 15.1. The Balaban J connectivity index is 1.92. The van der Waals surface area contributed by atoms with E-state index >= 15 is 0 Å². The second-order valence-electron chi connectivity index (χ2n) is 4.29. The third kappa shape index (κ3) is 4.54. The van der Waals surface area contributed by atoms with Crippen molar-refractivity contribution >= 4 is 21.6 Å². The van der Waals surface area contributed by atoms with E-state index in [0.717, 1.165) is 11.1 Å². The number of hydrogen-bond acceptors (Lipinski definition) is 4. The monoisotopic (exact) mass is 351 g/mol. The van der Waals surface area contributed by atoms with Crippen LogP contribution < -0.4 is 4.74 Å². The first kappa shape index (κ1) is 15.5. The maximum atomic E-state index is 11.0. The lowest BCUT2D eigenvalue weighted by molar-refractivity contribution is -0.386. The SMILES string of the molecule is O=[N+]([O-])c1cc(CBr)ccc1OCOCc1ccccc1. The fourth-order valence-electron chi connectivity index (χ4n) is 1.75. The van der Waals surface area contributed by atoms with Gasteiger partial charge in [0, 0.05) is 11.4 Å². The number of hydrogen-bond donors (Lipinski definition) is 0. The van der Waals surface area contributed by atoms with E-state index in [4.69, 9.17) is 9.47 Å². The molecule has 0 heterocycles. The maximum absolute atomic E-state index is 11.0. The number of rotatable bonds is 7. The molecule has 0 N–H and O–H groups in total. The van der Waals surface area contributed by atoms with Crippen LogP contribution >= 0.6 is 15.9 Å². The van der Waals surface area contributed by atoms with Crippen molar-refractivity contribution in [2.75, 3.05) is 6.79 Å².